The predicted octanol–water partition coefficient (Wildman–Crippen LogP) is 2.89. The largest absolute Gasteiger partial charge is 0.378 e. The molecule has 1 aliphatic heterocycles. The number of hydrogen-bond donors (Lipinski definition) is 2. The number of carbonyl (C=O) groups is 1. The van der Waals surface area contributed by atoms with Crippen molar-refractivity contribution in [3.63, 3.8) is 0 Å². The Bertz CT molecular complexity index is 535. The van der Waals surface area contributed by atoms with Crippen LogP contribution < -0.4 is 10.6 Å². The fourth-order valence-corrected chi connectivity index (χ4v) is 4.91. The van der Waals surface area contributed by atoms with Crippen molar-refractivity contribution in [3.05, 3.63) is 29.8 Å². The molecule has 1 heterocycles. The highest BCUT2D eigenvalue weighted by molar-refractivity contribution is 8.00. The highest BCUT2D eigenvalue weighted by atomic mass is 32.2. The van der Waals surface area contributed by atoms with Gasteiger partial charge in [-0.2, -0.15) is 0 Å². The van der Waals surface area contributed by atoms with Crippen molar-refractivity contribution in [3.8, 4) is 0 Å². The normalized spacial score (nSPS) is 23.1. The summed E-state index contributed by atoms with van der Waals surface area (Å²) in [5.74, 6) is 0.133. The van der Waals surface area contributed by atoms with Crippen LogP contribution in [0.15, 0.2) is 29.2 Å². The second kappa shape index (κ2) is 8.37. The number of carbonyl (C=O) groups excluding carboxylic acids is 1. The van der Waals surface area contributed by atoms with Gasteiger partial charge in [0.15, 0.2) is 0 Å². The Morgan fingerprint density at radius 2 is 2.08 bits per heavy atom. The van der Waals surface area contributed by atoms with E-state index in [1.807, 2.05) is 11.8 Å². The molecule has 2 aliphatic rings. The van der Waals surface area contributed by atoms with Crippen LogP contribution in [-0.4, -0.2) is 43.0 Å². The third-order valence-electron chi connectivity index (χ3n) is 4.91. The SMILES string of the molecule is Cc1ccc(SC2(CNC(=O)CC3COCCN3)CCCC2)cc1. The quantitative estimate of drug-likeness (QED) is 0.830. The molecule has 1 atom stereocenters. The van der Waals surface area contributed by atoms with Crippen LogP contribution in [0.1, 0.15) is 37.7 Å². The van der Waals surface area contributed by atoms with Gasteiger partial charge < -0.3 is 15.4 Å². The van der Waals surface area contributed by atoms with E-state index in [0.717, 1.165) is 19.7 Å². The number of ether oxygens (including phenoxy) is 1. The lowest BCUT2D eigenvalue weighted by Gasteiger charge is -2.29. The molecule has 4 nitrogen and oxygen atoms in total. The Labute approximate surface area is 149 Å². The van der Waals surface area contributed by atoms with Gasteiger partial charge in [0.25, 0.3) is 0 Å². The van der Waals surface area contributed by atoms with Crippen LogP contribution in [0.3, 0.4) is 0 Å². The van der Waals surface area contributed by atoms with E-state index in [0.29, 0.717) is 13.0 Å². The molecule has 1 aliphatic carbocycles. The predicted molar refractivity (Wildman–Crippen MR) is 98.5 cm³/mol. The molecule has 1 aromatic rings. The van der Waals surface area contributed by atoms with Crippen LogP contribution in [0, 0.1) is 6.92 Å². The first-order valence-corrected chi connectivity index (χ1v) is 9.80. The lowest BCUT2D eigenvalue weighted by molar-refractivity contribution is -0.122. The second-order valence-corrected chi connectivity index (χ2v) is 8.55. The first-order valence-electron chi connectivity index (χ1n) is 8.99. The van der Waals surface area contributed by atoms with Crippen molar-refractivity contribution >= 4 is 17.7 Å². The number of amides is 1. The summed E-state index contributed by atoms with van der Waals surface area (Å²) in [6, 6.07) is 8.88. The van der Waals surface area contributed by atoms with Crippen LogP contribution in [-0.2, 0) is 9.53 Å². The fourth-order valence-electron chi connectivity index (χ4n) is 3.50. The number of aryl methyl sites for hydroxylation is 1. The van der Waals surface area contributed by atoms with Crippen molar-refractivity contribution in [2.24, 2.45) is 0 Å². The van der Waals surface area contributed by atoms with Crippen LogP contribution in [0.5, 0.6) is 0 Å². The highest BCUT2D eigenvalue weighted by Gasteiger charge is 2.35. The smallest absolute Gasteiger partial charge is 0.221 e. The van der Waals surface area contributed by atoms with E-state index in [-0.39, 0.29) is 16.7 Å². The van der Waals surface area contributed by atoms with Gasteiger partial charge in [0.2, 0.25) is 5.91 Å². The van der Waals surface area contributed by atoms with Crippen molar-refractivity contribution in [1.29, 1.82) is 0 Å². The molecule has 0 radical (unpaired) electrons. The molecule has 1 aromatic carbocycles. The molecule has 5 heteroatoms. The van der Waals surface area contributed by atoms with E-state index in [1.165, 1.54) is 36.1 Å². The Hall–Kier alpha value is -1.04. The molecular weight excluding hydrogens is 320 g/mol. The van der Waals surface area contributed by atoms with E-state index < -0.39 is 0 Å². The van der Waals surface area contributed by atoms with E-state index >= 15 is 0 Å². The van der Waals surface area contributed by atoms with Crippen LogP contribution in [0.2, 0.25) is 0 Å². The number of rotatable bonds is 6. The monoisotopic (exact) mass is 348 g/mol. The lowest BCUT2D eigenvalue weighted by Crippen LogP contribution is -2.46. The number of benzene rings is 1. The summed E-state index contributed by atoms with van der Waals surface area (Å²) in [7, 11) is 0. The Kier molecular flexibility index (Phi) is 6.19. The van der Waals surface area contributed by atoms with E-state index in [1.54, 1.807) is 0 Å². The molecule has 2 fully saturated rings. The minimum absolute atomic E-state index is 0.133. The van der Waals surface area contributed by atoms with Crippen molar-refractivity contribution in [2.75, 3.05) is 26.3 Å². The van der Waals surface area contributed by atoms with Gasteiger partial charge in [-0.1, -0.05) is 30.5 Å². The zero-order valence-electron chi connectivity index (χ0n) is 14.5. The minimum Gasteiger partial charge on any atom is -0.378 e. The number of nitrogens with one attached hydrogen (secondary N) is 2. The fraction of sp³-hybridized carbons (Fsp3) is 0.632. The van der Waals surface area contributed by atoms with Gasteiger partial charge in [-0.15, -0.1) is 11.8 Å². The molecule has 0 aromatic heterocycles. The van der Waals surface area contributed by atoms with Crippen molar-refractivity contribution < 1.29 is 9.53 Å². The standard InChI is InChI=1S/C19H28N2O2S/c1-15-4-6-17(7-5-15)24-19(8-2-3-9-19)14-21-18(22)12-16-13-23-11-10-20-16/h4-7,16,20H,2-3,8-14H2,1H3,(H,21,22). The number of thioether (sulfide) groups is 1. The van der Waals surface area contributed by atoms with Crippen molar-refractivity contribution in [1.82, 2.24) is 10.6 Å². The molecule has 132 valence electrons. The highest BCUT2D eigenvalue weighted by Crippen LogP contribution is 2.44. The Balaban J connectivity index is 1.53. The molecule has 1 saturated heterocycles. The summed E-state index contributed by atoms with van der Waals surface area (Å²) in [5.41, 5.74) is 1.29. The van der Waals surface area contributed by atoms with Gasteiger partial charge in [-0.3, -0.25) is 4.79 Å². The maximum Gasteiger partial charge on any atom is 0.221 e. The van der Waals surface area contributed by atoms with Gasteiger partial charge in [0.1, 0.15) is 0 Å². The zero-order chi connectivity index (χ0) is 16.8. The van der Waals surface area contributed by atoms with E-state index in [4.69, 9.17) is 4.74 Å². The maximum atomic E-state index is 12.3. The minimum atomic E-state index is 0.133. The molecular formula is C19H28N2O2S. The molecule has 1 unspecified atom stereocenters. The summed E-state index contributed by atoms with van der Waals surface area (Å²) in [6.45, 7) is 5.09. The molecule has 0 spiro atoms. The lowest BCUT2D eigenvalue weighted by atomic mass is 10.1. The molecule has 2 N–H and O–H groups in total. The summed E-state index contributed by atoms with van der Waals surface area (Å²) in [4.78, 5) is 13.6. The van der Waals surface area contributed by atoms with Gasteiger partial charge in [0, 0.05) is 35.2 Å². The average molecular weight is 349 g/mol. The van der Waals surface area contributed by atoms with Gasteiger partial charge in [-0.05, 0) is 31.9 Å². The zero-order valence-corrected chi connectivity index (χ0v) is 15.3. The van der Waals surface area contributed by atoms with Crippen LogP contribution in [0.4, 0.5) is 0 Å². The number of morpholine rings is 1. The molecule has 3 rings (SSSR count). The third kappa shape index (κ3) is 4.98. The average Bonchev–Trinajstić information content (AvgIpc) is 3.05. The van der Waals surface area contributed by atoms with Crippen LogP contribution >= 0.6 is 11.8 Å². The number of hydrogen-bond acceptors (Lipinski definition) is 4. The van der Waals surface area contributed by atoms with Crippen molar-refractivity contribution in [2.45, 2.75) is 54.7 Å². The molecule has 1 amide bonds. The molecule has 0 bridgehead atoms. The molecule has 24 heavy (non-hydrogen) atoms. The first-order chi connectivity index (χ1) is 11.7. The van der Waals surface area contributed by atoms with E-state index in [2.05, 4.69) is 41.8 Å². The molecule has 1 saturated carbocycles. The summed E-state index contributed by atoms with van der Waals surface area (Å²) in [6.07, 6.45) is 5.37. The summed E-state index contributed by atoms with van der Waals surface area (Å²) in [5, 5.41) is 6.53. The van der Waals surface area contributed by atoms with Crippen LogP contribution in [0.25, 0.3) is 0 Å². The summed E-state index contributed by atoms with van der Waals surface area (Å²) < 4.78 is 5.58. The van der Waals surface area contributed by atoms with Gasteiger partial charge in [0.05, 0.1) is 13.2 Å². The Morgan fingerprint density at radius 1 is 1.33 bits per heavy atom. The maximum absolute atomic E-state index is 12.3. The first kappa shape index (κ1) is 17.8. The van der Waals surface area contributed by atoms with E-state index in [9.17, 15) is 4.79 Å². The summed E-state index contributed by atoms with van der Waals surface area (Å²) >= 11 is 1.94. The Morgan fingerprint density at radius 3 is 2.75 bits per heavy atom. The van der Waals surface area contributed by atoms with Gasteiger partial charge >= 0.3 is 0 Å². The van der Waals surface area contributed by atoms with Gasteiger partial charge in [-0.25, -0.2) is 0 Å². The third-order valence-corrected chi connectivity index (χ3v) is 6.40. The second-order valence-electron chi connectivity index (χ2n) is 7.01. The topological polar surface area (TPSA) is 50.4 Å².